The molecule has 2 aliphatic heterocycles. The molecule has 3 rings (SSSR count). The van der Waals surface area contributed by atoms with Crippen molar-refractivity contribution < 1.29 is 9.59 Å². The smallest absolute Gasteiger partial charge is 0.231 e. The summed E-state index contributed by atoms with van der Waals surface area (Å²) in [5, 5.41) is 5.67. The average Bonchev–Trinajstić information content (AvgIpc) is 2.75. The highest BCUT2D eigenvalue weighted by molar-refractivity contribution is 6.01. The lowest BCUT2D eigenvalue weighted by Crippen LogP contribution is -2.54. The number of imide groups is 1. The van der Waals surface area contributed by atoms with Crippen LogP contribution in [-0.4, -0.2) is 24.9 Å². The van der Waals surface area contributed by atoms with Gasteiger partial charge in [-0.1, -0.05) is 30.3 Å². The highest BCUT2D eigenvalue weighted by Gasteiger charge is 2.52. The molecule has 2 saturated heterocycles. The van der Waals surface area contributed by atoms with Crippen molar-refractivity contribution in [3.8, 4) is 0 Å². The Morgan fingerprint density at radius 3 is 2.71 bits per heavy atom. The number of piperidine rings is 1. The first-order valence-corrected chi connectivity index (χ1v) is 5.82. The lowest BCUT2D eigenvalue weighted by Gasteiger charge is -2.37. The SMILES string of the molecule is O=C1CC2(c3ccccc3)CNCC2C(=O)N1. The first kappa shape index (κ1) is 10.5. The molecule has 2 heterocycles. The van der Waals surface area contributed by atoms with Crippen LogP contribution in [0.2, 0.25) is 0 Å². The summed E-state index contributed by atoms with van der Waals surface area (Å²) in [4.78, 5) is 23.5. The number of nitrogens with one attached hydrogen (secondary N) is 2. The Labute approximate surface area is 99.4 Å². The summed E-state index contributed by atoms with van der Waals surface area (Å²) >= 11 is 0. The molecule has 2 atom stereocenters. The van der Waals surface area contributed by atoms with Gasteiger partial charge in [0.2, 0.25) is 11.8 Å². The molecule has 2 fully saturated rings. The summed E-state index contributed by atoms with van der Waals surface area (Å²) < 4.78 is 0. The molecule has 88 valence electrons. The van der Waals surface area contributed by atoms with Crippen LogP contribution in [0.15, 0.2) is 30.3 Å². The summed E-state index contributed by atoms with van der Waals surface area (Å²) in [5.74, 6) is -0.448. The van der Waals surface area contributed by atoms with E-state index in [2.05, 4.69) is 10.6 Å². The molecule has 0 aromatic heterocycles. The highest BCUT2D eigenvalue weighted by atomic mass is 16.2. The molecular weight excluding hydrogens is 216 g/mol. The number of carbonyl (C=O) groups is 2. The van der Waals surface area contributed by atoms with Crippen LogP contribution in [0.25, 0.3) is 0 Å². The second-order valence-corrected chi connectivity index (χ2v) is 4.79. The zero-order valence-electron chi connectivity index (χ0n) is 9.40. The molecule has 0 saturated carbocycles. The summed E-state index contributed by atoms with van der Waals surface area (Å²) in [7, 11) is 0. The Hall–Kier alpha value is -1.68. The maximum absolute atomic E-state index is 11.9. The third-order valence-electron chi connectivity index (χ3n) is 3.86. The van der Waals surface area contributed by atoms with Gasteiger partial charge in [-0.25, -0.2) is 0 Å². The third kappa shape index (κ3) is 1.48. The number of amides is 2. The molecule has 1 aromatic rings. The van der Waals surface area contributed by atoms with Gasteiger partial charge in [0, 0.05) is 24.9 Å². The predicted molar refractivity (Wildman–Crippen MR) is 62.2 cm³/mol. The normalized spacial score (nSPS) is 32.1. The van der Waals surface area contributed by atoms with Crippen LogP contribution in [0, 0.1) is 5.92 Å². The first-order valence-electron chi connectivity index (χ1n) is 5.82. The maximum Gasteiger partial charge on any atom is 0.231 e. The summed E-state index contributed by atoms with van der Waals surface area (Å²) in [5.41, 5.74) is 0.735. The Morgan fingerprint density at radius 2 is 1.94 bits per heavy atom. The van der Waals surface area contributed by atoms with Crippen LogP contribution in [0.5, 0.6) is 0 Å². The lowest BCUT2D eigenvalue weighted by atomic mass is 9.68. The van der Waals surface area contributed by atoms with E-state index in [4.69, 9.17) is 0 Å². The maximum atomic E-state index is 11.9. The van der Waals surface area contributed by atoms with Crippen LogP contribution < -0.4 is 10.6 Å². The van der Waals surface area contributed by atoms with E-state index in [0.717, 1.165) is 5.56 Å². The van der Waals surface area contributed by atoms with Crippen molar-refractivity contribution in [2.75, 3.05) is 13.1 Å². The third-order valence-corrected chi connectivity index (χ3v) is 3.86. The van der Waals surface area contributed by atoms with Crippen molar-refractivity contribution in [2.24, 2.45) is 5.92 Å². The molecule has 0 aliphatic carbocycles. The quantitative estimate of drug-likeness (QED) is 0.677. The van der Waals surface area contributed by atoms with Gasteiger partial charge in [0.15, 0.2) is 0 Å². The summed E-state index contributed by atoms with van der Waals surface area (Å²) in [6, 6.07) is 9.87. The highest BCUT2D eigenvalue weighted by Crippen LogP contribution is 2.40. The van der Waals surface area contributed by atoms with Crippen molar-refractivity contribution in [2.45, 2.75) is 11.8 Å². The van der Waals surface area contributed by atoms with Gasteiger partial charge in [-0.3, -0.25) is 14.9 Å². The number of benzene rings is 1. The monoisotopic (exact) mass is 230 g/mol. The topological polar surface area (TPSA) is 58.2 Å². The van der Waals surface area contributed by atoms with Gasteiger partial charge in [-0.2, -0.15) is 0 Å². The fourth-order valence-electron chi connectivity index (χ4n) is 3.02. The molecule has 0 bridgehead atoms. The molecule has 17 heavy (non-hydrogen) atoms. The van der Waals surface area contributed by atoms with Crippen molar-refractivity contribution in [3.63, 3.8) is 0 Å². The molecule has 1 aromatic carbocycles. The molecule has 4 nitrogen and oxygen atoms in total. The second kappa shape index (κ2) is 3.67. The van der Waals surface area contributed by atoms with E-state index in [1.165, 1.54) is 0 Å². The van der Waals surface area contributed by atoms with E-state index < -0.39 is 0 Å². The van der Waals surface area contributed by atoms with Crippen LogP contribution in [0.4, 0.5) is 0 Å². The molecule has 2 unspecified atom stereocenters. The number of fused-ring (bicyclic) bond motifs is 1. The van der Waals surface area contributed by atoms with Gasteiger partial charge in [0.25, 0.3) is 0 Å². The van der Waals surface area contributed by atoms with Crippen molar-refractivity contribution in [3.05, 3.63) is 35.9 Å². The van der Waals surface area contributed by atoms with Crippen molar-refractivity contribution in [1.82, 2.24) is 10.6 Å². The minimum absolute atomic E-state index is 0.136. The van der Waals surface area contributed by atoms with E-state index in [1.807, 2.05) is 30.3 Å². The number of hydrogen-bond acceptors (Lipinski definition) is 3. The zero-order valence-corrected chi connectivity index (χ0v) is 9.40. The Balaban J connectivity index is 2.09. The molecule has 4 heteroatoms. The van der Waals surface area contributed by atoms with Gasteiger partial charge in [-0.05, 0) is 5.56 Å². The van der Waals surface area contributed by atoms with E-state index >= 15 is 0 Å². The van der Waals surface area contributed by atoms with Gasteiger partial charge in [-0.15, -0.1) is 0 Å². The fraction of sp³-hybridized carbons (Fsp3) is 0.385. The first-order chi connectivity index (χ1) is 8.22. The molecule has 0 radical (unpaired) electrons. The minimum atomic E-state index is -0.347. The standard InChI is InChI=1S/C13H14N2O2/c16-11-6-13(9-4-2-1-3-5-9)8-14-7-10(13)12(17)15-11/h1-5,10,14H,6-8H2,(H,15,16,17). The van der Waals surface area contributed by atoms with E-state index in [0.29, 0.717) is 19.5 Å². The predicted octanol–water partition coefficient (Wildman–Crippen LogP) is 0.190. The van der Waals surface area contributed by atoms with Crippen LogP contribution in [-0.2, 0) is 15.0 Å². The number of rotatable bonds is 1. The summed E-state index contributed by atoms with van der Waals surface area (Å²) in [6.45, 7) is 1.34. The number of carbonyl (C=O) groups excluding carboxylic acids is 2. The second-order valence-electron chi connectivity index (χ2n) is 4.79. The van der Waals surface area contributed by atoms with Crippen LogP contribution >= 0.6 is 0 Å². The minimum Gasteiger partial charge on any atom is -0.315 e. The molecular formula is C13H14N2O2. The summed E-state index contributed by atoms with van der Waals surface area (Å²) in [6.07, 6.45) is 0.389. The molecule has 2 N–H and O–H groups in total. The van der Waals surface area contributed by atoms with E-state index in [1.54, 1.807) is 0 Å². The molecule has 0 spiro atoms. The van der Waals surface area contributed by atoms with Gasteiger partial charge >= 0.3 is 0 Å². The average molecular weight is 230 g/mol. The van der Waals surface area contributed by atoms with E-state index in [9.17, 15) is 9.59 Å². The van der Waals surface area contributed by atoms with E-state index in [-0.39, 0.29) is 23.1 Å². The molecule has 2 aliphatic rings. The number of hydrogen-bond donors (Lipinski definition) is 2. The largest absolute Gasteiger partial charge is 0.315 e. The lowest BCUT2D eigenvalue weighted by molar-refractivity contribution is -0.138. The van der Waals surface area contributed by atoms with Gasteiger partial charge in [0.1, 0.15) is 0 Å². The Kier molecular flexibility index (Phi) is 2.26. The molecule has 2 amide bonds. The van der Waals surface area contributed by atoms with Gasteiger partial charge in [0.05, 0.1) is 5.92 Å². The zero-order chi connectivity index (χ0) is 11.9. The Morgan fingerprint density at radius 1 is 1.18 bits per heavy atom. The van der Waals surface area contributed by atoms with Crippen LogP contribution in [0.1, 0.15) is 12.0 Å². The Bertz CT molecular complexity index is 472. The fourth-order valence-corrected chi connectivity index (χ4v) is 3.02. The van der Waals surface area contributed by atoms with Crippen molar-refractivity contribution >= 4 is 11.8 Å². The van der Waals surface area contributed by atoms with Crippen LogP contribution in [0.3, 0.4) is 0 Å². The van der Waals surface area contributed by atoms with Gasteiger partial charge < -0.3 is 5.32 Å². The van der Waals surface area contributed by atoms with Crippen molar-refractivity contribution in [1.29, 1.82) is 0 Å².